The molecule has 1 heterocycles. The Morgan fingerprint density at radius 1 is 1.03 bits per heavy atom. The van der Waals surface area contributed by atoms with Gasteiger partial charge in [0.05, 0.1) is 6.42 Å². The van der Waals surface area contributed by atoms with Crippen molar-refractivity contribution in [3.63, 3.8) is 0 Å². The van der Waals surface area contributed by atoms with E-state index in [1.165, 1.54) is 12.2 Å². The van der Waals surface area contributed by atoms with Gasteiger partial charge in [0.25, 0.3) is 11.8 Å². The van der Waals surface area contributed by atoms with Gasteiger partial charge in [0, 0.05) is 44.8 Å². The Morgan fingerprint density at radius 3 is 2.37 bits per heavy atom. The van der Waals surface area contributed by atoms with Crippen LogP contribution in [0, 0.1) is 0 Å². The highest BCUT2D eigenvalue weighted by atomic mass is 32.2. The molecule has 1 aliphatic heterocycles. The predicted octanol–water partition coefficient (Wildman–Crippen LogP) is -1.10. The van der Waals surface area contributed by atoms with Crippen molar-refractivity contribution in [3.05, 3.63) is 12.2 Å². The van der Waals surface area contributed by atoms with Crippen molar-refractivity contribution in [1.82, 2.24) is 20.9 Å². The van der Waals surface area contributed by atoms with Gasteiger partial charge in [-0.25, -0.2) is 0 Å². The molecule has 0 aromatic heterocycles. The van der Waals surface area contributed by atoms with E-state index in [0.29, 0.717) is 6.42 Å². The van der Waals surface area contributed by atoms with Crippen LogP contribution < -0.4 is 21.7 Å². The third kappa shape index (κ3) is 9.88. The van der Waals surface area contributed by atoms with Crippen LogP contribution in [-0.2, 0) is 24.0 Å². The molecule has 0 aliphatic carbocycles. The summed E-state index contributed by atoms with van der Waals surface area (Å²) in [6.45, 7) is 0.551. The summed E-state index contributed by atoms with van der Waals surface area (Å²) < 4.78 is 0. The zero-order valence-electron chi connectivity index (χ0n) is 17.3. The Hall–Kier alpha value is -2.40. The van der Waals surface area contributed by atoms with Crippen molar-refractivity contribution < 1.29 is 24.0 Å². The van der Waals surface area contributed by atoms with E-state index in [1.54, 1.807) is 11.8 Å². The first-order valence-electron chi connectivity index (χ1n) is 9.95. The number of imide groups is 1. The summed E-state index contributed by atoms with van der Waals surface area (Å²) in [6, 6.07) is -1.02. The molecule has 0 saturated heterocycles. The van der Waals surface area contributed by atoms with Crippen molar-refractivity contribution in [2.45, 2.75) is 38.1 Å². The molecule has 10 nitrogen and oxygen atoms in total. The zero-order chi connectivity index (χ0) is 22.4. The third-order valence-electron chi connectivity index (χ3n) is 4.30. The quantitative estimate of drug-likeness (QED) is 0.186. The second kappa shape index (κ2) is 14.6. The fourth-order valence-corrected chi connectivity index (χ4v) is 3.21. The average molecular weight is 442 g/mol. The summed E-state index contributed by atoms with van der Waals surface area (Å²) in [4.78, 5) is 60.6. The lowest BCUT2D eigenvalue weighted by Crippen LogP contribution is -2.50. The van der Waals surface area contributed by atoms with Crippen LogP contribution in [0.1, 0.15) is 32.1 Å². The Morgan fingerprint density at radius 2 is 1.73 bits per heavy atom. The number of amides is 5. The SMILES string of the molecule is CSCCCCCC(=O)NC(CC(=O)NCCN1C(=O)C=CC1=O)C(=O)NCCN. The molecular weight excluding hydrogens is 410 g/mol. The van der Waals surface area contributed by atoms with Gasteiger partial charge in [-0.05, 0) is 24.9 Å². The Labute approximate surface area is 180 Å². The van der Waals surface area contributed by atoms with Gasteiger partial charge >= 0.3 is 0 Å². The molecule has 1 aliphatic rings. The highest BCUT2D eigenvalue weighted by Gasteiger charge is 2.25. The van der Waals surface area contributed by atoms with Crippen LogP contribution in [-0.4, -0.2) is 78.7 Å². The zero-order valence-corrected chi connectivity index (χ0v) is 18.1. The maximum atomic E-state index is 12.3. The van der Waals surface area contributed by atoms with Crippen LogP contribution in [0.5, 0.6) is 0 Å². The van der Waals surface area contributed by atoms with E-state index in [4.69, 9.17) is 5.73 Å². The average Bonchev–Trinajstić information content (AvgIpc) is 3.03. The number of hydrogen-bond acceptors (Lipinski definition) is 7. The molecule has 0 radical (unpaired) electrons. The maximum Gasteiger partial charge on any atom is 0.253 e. The lowest BCUT2D eigenvalue weighted by atomic mass is 10.1. The van der Waals surface area contributed by atoms with Gasteiger partial charge in [-0.1, -0.05) is 6.42 Å². The summed E-state index contributed by atoms with van der Waals surface area (Å²) >= 11 is 1.75. The van der Waals surface area contributed by atoms with Crippen LogP contribution in [0.3, 0.4) is 0 Å². The lowest BCUT2D eigenvalue weighted by Gasteiger charge is -2.19. The van der Waals surface area contributed by atoms with E-state index in [2.05, 4.69) is 16.0 Å². The van der Waals surface area contributed by atoms with E-state index in [9.17, 15) is 24.0 Å². The summed E-state index contributed by atoms with van der Waals surface area (Å²) in [5.74, 6) is -1.08. The second-order valence-corrected chi connectivity index (χ2v) is 7.70. The van der Waals surface area contributed by atoms with E-state index in [1.807, 2.05) is 6.26 Å². The molecule has 0 saturated carbocycles. The Bertz CT molecular complexity index is 637. The number of rotatable bonds is 15. The minimum absolute atomic E-state index is 0.0306. The van der Waals surface area contributed by atoms with Crippen molar-refractivity contribution >= 4 is 41.3 Å². The Balaban J connectivity index is 2.46. The van der Waals surface area contributed by atoms with Gasteiger partial charge in [-0.15, -0.1) is 0 Å². The van der Waals surface area contributed by atoms with Gasteiger partial charge in [0.2, 0.25) is 17.7 Å². The number of carbonyl (C=O) groups excluding carboxylic acids is 5. The number of carbonyl (C=O) groups is 5. The van der Waals surface area contributed by atoms with Crippen molar-refractivity contribution in [3.8, 4) is 0 Å². The van der Waals surface area contributed by atoms with Gasteiger partial charge < -0.3 is 21.7 Å². The number of hydrogen-bond donors (Lipinski definition) is 4. The van der Waals surface area contributed by atoms with Crippen molar-refractivity contribution in [1.29, 1.82) is 0 Å². The molecule has 0 fully saturated rings. The summed E-state index contributed by atoms with van der Waals surface area (Å²) in [5, 5.41) is 7.74. The van der Waals surface area contributed by atoms with Crippen LogP contribution in [0.25, 0.3) is 0 Å². The number of thioether (sulfide) groups is 1. The molecule has 5 amide bonds. The number of nitrogens with two attached hydrogens (primary N) is 1. The summed E-state index contributed by atoms with van der Waals surface area (Å²) in [7, 11) is 0. The molecule has 30 heavy (non-hydrogen) atoms. The highest BCUT2D eigenvalue weighted by molar-refractivity contribution is 7.98. The van der Waals surface area contributed by atoms with Gasteiger partial charge in [0.15, 0.2) is 0 Å². The summed E-state index contributed by atoms with van der Waals surface area (Å²) in [5.41, 5.74) is 5.39. The van der Waals surface area contributed by atoms with Gasteiger partial charge in [0.1, 0.15) is 6.04 Å². The third-order valence-corrected chi connectivity index (χ3v) is 4.99. The predicted molar refractivity (Wildman–Crippen MR) is 114 cm³/mol. The first-order chi connectivity index (χ1) is 14.4. The maximum absolute atomic E-state index is 12.3. The summed E-state index contributed by atoms with van der Waals surface area (Å²) in [6.07, 6.45) is 7.03. The minimum atomic E-state index is -1.02. The lowest BCUT2D eigenvalue weighted by molar-refractivity contribution is -0.137. The standard InChI is InChI=1S/C19H31N5O5S/c1-30-12-4-2-3-5-15(25)23-14(19(29)22-9-8-20)13-16(26)21-10-11-24-17(27)6-7-18(24)28/h6-7,14H,2-5,8-13,20H2,1H3,(H,21,26)(H,22,29)(H,23,25). The molecule has 0 spiro atoms. The first kappa shape index (κ1) is 25.6. The van der Waals surface area contributed by atoms with E-state index in [0.717, 1.165) is 23.5 Å². The van der Waals surface area contributed by atoms with Gasteiger partial charge in [-0.3, -0.25) is 28.9 Å². The first-order valence-corrected chi connectivity index (χ1v) is 11.3. The fraction of sp³-hybridized carbons (Fsp3) is 0.632. The number of unbranched alkanes of at least 4 members (excludes halogenated alkanes) is 2. The number of nitrogens with one attached hydrogen (secondary N) is 3. The largest absolute Gasteiger partial charge is 0.354 e. The monoisotopic (exact) mass is 441 g/mol. The van der Waals surface area contributed by atoms with Gasteiger partial charge in [-0.2, -0.15) is 11.8 Å². The topological polar surface area (TPSA) is 151 Å². The fourth-order valence-electron chi connectivity index (χ4n) is 2.72. The van der Waals surface area contributed by atoms with E-state index >= 15 is 0 Å². The van der Waals surface area contributed by atoms with Crippen molar-refractivity contribution in [2.75, 3.05) is 38.2 Å². The molecule has 168 valence electrons. The van der Waals surface area contributed by atoms with Crippen molar-refractivity contribution in [2.24, 2.45) is 5.73 Å². The molecule has 1 rings (SSSR count). The molecule has 0 aromatic carbocycles. The molecule has 1 atom stereocenters. The molecule has 11 heteroatoms. The number of nitrogens with zero attached hydrogens (tertiary/aromatic N) is 1. The van der Waals surface area contributed by atoms with Crippen LogP contribution in [0.2, 0.25) is 0 Å². The smallest absolute Gasteiger partial charge is 0.253 e. The van der Waals surface area contributed by atoms with Crippen LogP contribution in [0.4, 0.5) is 0 Å². The second-order valence-electron chi connectivity index (χ2n) is 6.72. The van der Waals surface area contributed by atoms with Crippen LogP contribution in [0.15, 0.2) is 12.2 Å². The molecule has 0 bridgehead atoms. The normalized spacial score (nSPS) is 14.0. The molecule has 5 N–H and O–H groups in total. The van der Waals surface area contributed by atoms with E-state index < -0.39 is 29.7 Å². The Kier molecular flexibility index (Phi) is 12.4. The minimum Gasteiger partial charge on any atom is -0.354 e. The highest BCUT2D eigenvalue weighted by Crippen LogP contribution is 2.05. The molecule has 1 unspecified atom stereocenters. The molecular formula is C19H31N5O5S. The molecule has 0 aromatic rings. The van der Waals surface area contributed by atoms with E-state index in [-0.39, 0.29) is 44.9 Å². The van der Waals surface area contributed by atoms with Crippen LogP contribution >= 0.6 is 11.8 Å².